The molecule has 1 N–H and O–H groups in total. The average molecular weight is 352 g/mol. The van der Waals surface area contributed by atoms with Crippen molar-refractivity contribution in [3.05, 3.63) is 48.7 Å². The van der Waals surface area contributed by atoms with Gasteiger partial charge in [0, 0.05) is 38.5 Å². The first-order valence-electron chi connectivity index (χ1n) is 9.23. The summed E-state index contributed by atoms with van der Waals surface area (Å²) in [4.78, 5) is 21.3. The third-order valence-electron chi connectivity index (χ3n) is 4.96. The third kappa shape index (κ3) is 3.80. The molecule has 2 aromatic rings. The quantitative estimate of drug-likeness (QED) is 0.916. The van der Waals surface area contributed by atoms with Crippen LogP contribution in [0.25, 0.3) is 0 Å². The number of carbonyl (C=O) groups is 1. The smallest absolute Gasteiger partial charge is 0.253 e. The Bertz CT molecular complexity index is 721. The summed E-state index contributed by atoms with van der Waals surface area (Å²) in [5.41, 5.74) is 1.99. The summed E-state index contributed by atoms with van der Waals surface area (Å²) in [5, 5.41) is 2.89. The van der Waals surface area contributed by atoms with Crippen molar-refractivity contribution in [2.75, 3.05) is 47.9 Å². The number of hydrogen-bond acceptors (Lipinski definition) is 5. The summed E-state index contributed by atoms with van der Waals surface area (Å²) in [6.45, 7) is 4.49. The Labute approximate surface area is 153 Å². The summed E-state index contributed by atoms with van der Waals surface area (Å²) >= 11 is 0. The number of pyridine rings is 1. The summed E-state index contributed by atoms with van der Waals surface area (Å²) in [6, 6.07) is 14.4. The van der Waals surface area contributed by atoms with E-state index in [2.05, 4.69) is 44.4 Å². The number of anilines is 3. The number of aromatic nitrogens is 1. The monoisotopic (exact) mass is 352 g/mol. The molecule has 1 atom stereocenters. The van der Waals surface area contributed by atoms with Gasteiger partial charge in [0.2, 0.25) is 0 Å². The van der Waals surface area contributed by atoms with E-state index in [1.165, 1.54) is 5.69 Å². The molecule has 1 aromatic heterocycles. The van der Waals surface area contributed by atoms with E-state index in [1.54, 1.807) is 6.20 Å². The van der Waals surface area contributed by atoms with Crippen LogP contribution in [-0.2, 0) is 9.53 Å². The van der Waals surface area contributed by atoms with Crippen LogP contribution in [0.3, 0.4) is 0 Å². The molecule has 3 heterocycles. The Morgan fingerprint density at radius 1 is 1.04 bits per heavy atom. The van der Waals surface area contributed by atoms with E-state index >= 15 is 0 Å². The van der Waals surface area contributed by atoms with E-state index in [9.17, 15) is 4.79 Å². The number of benzene rings is 1. The van der Waals surface area contributed by atoms with E-state index in [-0.39, 0.29) is 12.0 Å². The van der Waals surface area contributed by atoms with Crippen LogP contribution >= 0.6 is 0 Å². The number of ether oxygens (including phenoxy) is 1. The summed E-state index contributed by atoms with van der Waals surface area (Å²) < 4.78 is 5.41. The van der Waals surface area contributed by atoms with Crippen molar-refractivity contribution in [1.82, 2.24) is 4.98 Å². The molecule has 1 amide bonds. The highest BCUT2D eigenvalue weighted by atomic mass is 16.5. The zero-order valence-electron chi connectivity index (χ0n) is 14.8. The van der Waals surface area contributed by atoms with Crippen molar-refractivity contribution in [3.8, 4) is 0 Å². The molecule has 0 bridgehead atoms. The normalized spacial score (nSPS) is 20.2. The van der Waals surface area contributed by atoms with Crippen LogP contribution in [0.1, 0.15) is 12.8 Å². The van der Waals surface area contributed by atoms with Crippen molar-refractivity contribution in [2.24, 2.45) is 0 Å². The van der Waals surface area contributed by atoms with E-state index in [0.717, 1.165) is 50.5 Å². The molecule has 2 aliphatic rings. The van der Waals surface area contributed by atoms with Crippen LogP contribution in [0.4, 0.5) is 17.2 Å². The zero-order chi connectivity index (χ0) is 17.8. The fraction of sp³-hybridized carbons (Fsp3) is 0.400. The van der Waals surface area contributed by atoms with Gasteiger partial charge in [-0.25, -0.2) is 4.98 Å². The second-order valence-electron chi connectivity index (χ2n) is 6.71. The molecule has 0 radical (unpaired) electrons. The fourth-order valence-electron chi connectivity index (χ4n) is 3.49. The number of amides is 1. The molecule has 0 aliphatic carbocycles. The van der Waals surface area contributed by atoms with Crippen LogP contribution in [0.2, 0.25) is 0 Å². The Kier molecular flexibility index (Phi) is 5.02. The highest BCUT2D eigenvalue weighted by Gasteiger charge is 2.24. The SMILES string of the molecule is O=C(Nc1ccc(N2CCN(c3ccccc3)CC2)nc1)[C@H]1CCCO1. The number of rotatable bonds is 4. The van der Waals surface area contributed by atoms with E-state index in [0.29, 0.717) is 6.61 Å². The number of carbonyl (C=O) groups excluding carboxylic acids is 1. The van der Waals surface area contributed by atoms with Crippen LogP contribution < -0.4 is 15.1 Å². The average Bonchev–Trinajstić information content (AvgIpc) is 3.25. The number of nitrogens with zero attached hydrogens (tertiary/aromatic N) is 3. The van der Waals surface area contributed by atoms with E-state index in [1.807, 2.05) is 18.2 Å². The van der Waals surface area contributed by atoms with Gasteiger partial charge in [0.15, 0.2) is 0 Å². The molecule has 6 heteroatoms. The molecule has 0 saturated carbocycles. The van der Waals surface area contributed by atoms with E-state index < -0.39 is 0 Å². The van der Waals surface area contributed by atoms with Crippen LogP contribution in [-0.4, -0.2) is 49.8 Å². The standard InChI is InChI=1S/C20H24N4O2/c25-20(18-7-4-14-26-18)22-16-8-9-19(21-15-16)24-12-10-23(11-13-24)17-5-2-1-3-6-17/h1-3,5-6,8-9,15,18H,4,7,10-14H2,(H,22,25)/t18-/m1/s1. The van der Waals surface area contributed by atoms with Gasteiger partial charge in [-0.15, -0.1) is 0 Å². The minimum atomic E-state index is -0.319. The van der Waals surface area contributed by atoms with Crippen molar-refractivity contribution in [1.29, 1.82) is 0 Å². The van der Waals surface area contributed by atoms with Crippen molar-refractivity contribution >= 4 is 23.1 Å². The lowest BCUT2D eigenvalue weighted by Crippen LogP contribution is -2.46. The van der Waals surface area contributed by atoms with Gasteiger partial charge in [0.05, 0.1) is 11.9 Å². The number of para-hydroxylation sites is 1. The van der Waals surface area contributed by atoms with Gasteiger partial charge < -0.3 is 19.9 Å². The van der Waals surface area contributed by atoms with Crippen LogP contribution in [0.15, 0.2) is 48.7 Å². The van der Waals surface area contributed by atoms with Gasteiger partial charge in [0.25, 0.3) is 5.91 Å². The van der Waals surface area contributed by atoms with Crippen molar-refractivity contribution < 1.29 is 9.53 Å². The molecule has 26 heavy (non-hydrogen) atoms. The zero-order valence-corrected chi connectivity index (χ0v) is 14.8. The first kappa shape index (κ1) is 16.8. The summed E-state index contributed by atoms with van der Waals surface area (Å²) in [6.07, 6.45) is 3.15. The van der Waals surface area contributed by atoms with Gasteiger partial charge in [-0.1, -0.05) is 18.2 Å². The molecule has 2 fully saturated rings. The molecule has 0 unspecified atom stereocenters. The molecule has 0 spiro atoms. The predicted molar refractivity (Wildman–Crippen MR) is 103 cm³/mol. The van der Waals surface area contributed by atoms with Crippen LogP contribution in [0, 0.1) is 0 Å². The highest BCUT2D eigenvalue weighted by Crippen LogP contribution is 2.20. The Morgan fingerprint density at radius 3 is 2.46 bits per heavy atom. The van der Waals surface area contributed by atoms with Crippen molar-refractivity contribution in [3.63, 3.8) is 0 Å². The minimum Gasteiger partial charge on any atom is -0.368 e. The number of hydrogen-bond donors (Lipinski definition) is 1. The second kappa shape index (κ2) is 7.74. The highest BCUT2D eigenvalue weighted by molar-refractivity contribution is 5.94. The van der Waals surface area contributed by atoms with Gasteiger partial charge in [0.1, 0.15) is 11.9 Å². The first-order valence-corrected chi connectivity index (χ1v) is 9.23. The maximum absolute atomic E-state index is 12.1. The topological polar surface area (TPSA) is 57.7 Å². The van der Waals surface area contributed by atoms with Gasteiger partial charge in [-0.05, 0) is 37.1 Å². The van der Waals surface area contributed by atoms with Gasteiger partial charge in [-0.2, -0.15) is 0 Å². The molecule has 136 valence electrons. The number of piperazine rings is 1. The molecule has 4 rings (SSSR count). The summed E-state index contributed by atoms with van der Waals surface area (Å²) in [7, 11) is 0. The maximum atomic E-state index is 12.1. The second-order valence-corrected chi connectivity index (χ2v) is 6.71. The molecule has 6 nitrogen and oxygen atoms in total. The van der Waals surface area contributed by atoms with Gasteiger partial charge in [-0.3, -0.25) is 4.79 Å². The molecular weight excluding hydrogens is 328 g/mol. The third-order valence-corrected chi connectivity index (χ3v) is 4.96. The minimum absolute atomic E-state index is 0.0754. The fourth-order valence-corrected chi connectivity index (χ4v) is 3.49. The largest absolute Gasteiger partial charge is 0.368 e. The van der Waals surface area contributed by atoms with Crippen LogP contribution in [0.5, 0.6) is 0 Å². The maximum Gasteiger partial charge on any atom is 0.253 e. The van der Waals surface area contributed by atoms with Crippen molar-refractivity contribution in [2.45, 2.75) is 18.9 Å². The first-order chi connectivity index (χ1) is 12.8. The Morgan fingerprint density at radius 2 is 1.81 bits per heavy atom. The summed E-state index contributed by atoms with van der Waals surface area (Å²) in [5.74, 6) is 0.876. The van der Waals surface area contributed by atoms with E-state index in [4.69, 9.17) is 4.74 Å². The molecule has 2 aliphatic heterocycles. The predicted octanol–water partition coefficient (Wildman–Crippen LogP) is 2.53. The molecule has 2 saturated heterocycles. The number of nitrogens with one attached hydrogen (secondary N) is 1. The Balaban J connectivity index is 1.32. The lowest BCUT2D eigenvalue weighted by molar-refractivity contribution is -0.124. The molecular formula is C20H24N4O2. The van der Waals surface area contributed by atoms with Gasteiger partial charge >= 0.3 is 0 Å². The lowest BCUT2D eigenvalue weighted by atomic mass is 10.2. The molecule has 1 aromatic carbocycles. The Hall–Kier alpha value is -2.60. The lowest BCUT2D eigenvalue weighted by Gasteiger charge is -2.36.